The van der Waals surface area contributed by atoms with Crippen molar-refractivity contribution in [3.8, 4) is 5.75 Å². The summed E-state index contributed by atoms with van der Waals surface area (Å²) in [6.45, 7) is -0.306. The number of thioether (sulfide) groups is 1. The van der Waals surface area contributed by atoms with E-state index in [0.29, 0.717) is 6.07 Å². The summed E-state index contributed by atoms with van der Waals surface area (Å²) in [5.74, 6) is -0.444. The molecule has 0 saturated carbocycles. The fourth-order valence-corrected chi connectivity index (χ4v) is 1.56. The minimum Gasteiger partial charge on any atom is -0.491 e. The summed E-state index contributed by atoms with van der Waals surface area (Å²) >= 11 is -0.280. The van der Waals surface area contributed by atoms with Crippen molar-refractivity contribution in [2.24, 2.45) is 0 Å². The Morgan fingerprint density at radius 3 is 2.21 bits per heavy atom. The third-order valence-corrected chi connectivity index (χ3v) is 2.64. The zero-order valence-corrected chi connectivity index (χ0v) is 10.1. The number of alkyl halides is 6. The van der Waals surface area contributed by atoms with Gasteiger partial charge in [-0.05, 0) is 30.0 Å². The van der Waals surface area contributed by atoms with Crippen LogP contribution in [0.2, 0.25) is 0 Å². The molecule has 0 saturated heterocycles. The van der Waals surface area contributed by atoms with Crippen LogP contribution in [0.15, 0.2) is 18.2 Å². The molecule has 2 nitrogen and oxygen atoms in total. The number of ether oxygens (including phenoxy) is 1. The largest absolute Gasteiger partial charge is 0.491 e. The molecule has 0 radical (unpaired) electrons. The maximum absolute atomic E-state index is 12.3. The van der Waals surface area contributed by atoms with Gasteiger partial charge in [0.2, 0.25) is 0 Å². The first-order chi connectivity index (χ1) is 8.59. The second kappa shape index (κ2) is 5.81. The minimum atomic E-state index is -4.53. The molecule has 1 aromatic rings. The summed E-state index contributed by atoms with van der Waals surface area (Å²) in [4.78, 5) is 0. The van der Waals surface area contributed by atoms with Crippen molar-refractivity contribution in [2.75, 3.05) is 18.1 Å². The predicted molar refractivity (Wildman–Crippen MR) is 59.9 cm³/mol. The molecule has 0 bridgehead atoms. The van der Waals surface area contributed by atoms with E-state index in [1.807, 2.05) is 0 Å². The van der Waals surface area contributed by atoms with Gasteiger partial charge in [-0.1, -0.05) is 0 Å². The van der Waals surface area contributed by atoms with Gasteiger partial charge in [0.15, 0.2) is 0 Å². The molecule has 0 aliphatic rings. The van der Waals surface area contributed by atoms with Gasteiger partial charge < -0.3 is 10.5 Å². The molecule has 1 rings (SSSR count). The van der Waals surface area contributed by atoms with Crippen LogP contribution in [0.1, 0.15) is 5.56 Å². The Kier molecular flexibility index (Phi) is 4.83. The molecule has 2 N–H and O–H groups in total. The molecule has 0 atom stereocenters. The van der Waals surface area contributed by atoms with Crippen LogP contribution in [0, 0.1) is 0 Å². The standard InChI is InChI=1S/C10H9F6NOS/c11-9(12,13)6-1-2-8(7(17)5-6)18-3-4-19-10(14,15)16/h1-2,5H,3-4,17H2. The van der Waals surface area contributed by atoms with E-state index in [9.17, 15) is 26.3 Å². The lowest BCUT2D eigenvalue weighted by molar-refractivity contribution is -0.137. The van der Waals surface area contributed by atoms with Crippen LogP contribution in [-0.2, 0) is 6.18 Å². The number of hydrogen-bond donors (Lipinski definition) is 1. The second-order valence-electron chi connectivity index (χ2n) is 3.39. The molecule has 0 aliphatic heterocycles. The minimum absolute atomic E-state index is 0.0734. The number of nitrogens with two attached hydrogens (primary N) is 1. The van der Waals surface area contributed by atoms with Crippen molar-refractivity contribution >= 4 is 17.4 Å². The quantitative estimate of drug-likeness (QED) is 0.520. The first kappa shape index (κ1) is 15.8. The van der Waals surface area contributed by atoms with E-state index in [4.69, 9.17) is 10.5 Å². The Morgan fingerprint density at radius 1 is 1.11 bits per heavy atom. The van der Waals surface area contributed by atoms with Crippen molar-refractivity contribution in [3.05, 3.63) is 23.8 Å². The molecule has 0 aliphatic carbocycles. The fraction of sp³-hybridized carbons (Fsp3) is 0.400. The van der Waals surface area contributed by atoms with Crippen molar-refractivity contribution in [1.82, 2.24) is 0 Å². The van der Waals surface area contributed by atoms with Gasteiger partial charge in [-0.25, -0.2) is 0 Å². The second-order valence-corrected chi connectivity index (χ2v) is 4.55. The highest BCUT2D eigenvalue weighted by Crippen LogP contribution is 2.34. The van der Waals surface area contributed by atoms with Gasteiger partial charge in [0.1, 0.15) is 5.75 Å². The van der Waals surface area contributed by atoms with Crippen molar-refractivity contribution < 1.29 is 31.1 Å². The van der Waals surface area contributed by atoms with Gasteiger partial charge in [-0.3, -0.25) is 0 Å². The number of halogens is 6. The molecule has 0 fully saturated rings. The monoisotopic (exact) mass is 305 g/mol. The highest BCUT2D eigenvalue weighted by Gasteiger charge is 2.31. The van der Waals surface area contributed by atoms with E-state index in [-0.39, 0.29) is 35.6 Å². The Hall–Kier alpha value is -1.25. The van der Waals surface area contributed by atoms with Gasteiger partial charge >= 0.3 is 11.7 Å². The van der Waals surface area contributed by atoms with E-state index < -0.39 is 17.2 Å². The molecule has 19 heavy (non-hydrogen) atoms. The van der Waals surface area contributed by atoms with Gasteiger partial charge in [0.05, 0.1) is 17.9 Å². The molecular weight excluding hydrogens is 296 g/mol. The van der Waals surface area contributed by atoms with Crippen LogP contribution in [0.5, 0.6) is 5.75 Å². The lowest BCUT2D eigenvalue weighted by Crippen LogP contribution is -2.09. The average molecular weight is 305 g/mol. The van der Waals surface area contributed by atoms with E-state index in [1.165, 1.54) is 0 Å². The molecule has 108 valence electrons. The number of anilines is 1. The lowest BCUT2D eigenvalue weighted by Gasteiger charge is -2.12. The van der Waals surface area contributed by atoms with Gasteiger partial charge in [0, 0.05) is 5.75 Å². The first-order valence-corrected chi connectivity index (χ1v) is 5.88. The Balaban J connectivity index is 2.57. The molecule has 0 unspecified atom stereocenters. The summed E-state index contributed by atoms with van der Waals surface area (Å²) in [6, 6.07) is 2.41. The molecule has 1 aromatic carbocycles. The average Bonchev–Trinajstić information content (AvgIpc) is 2.23. The summed E-state index contributed by atoms with van der Waals surface area (Å²) in [6.07, 6.45) is -4.53. The lowest BCUT2D eigenvalue weighted by atomic mass is 10.2. The van der Waals surface area contributed by atoms with Crippen molar-refractivity contribution in [3.63, 3.8) is 0 Å². The van der Waals surface area contributed by atoms with E-state index in [1.54, 1.807) is 0 Å². The van der Waals surface area contributed by atoms with Crippen LogP contribution in [0.4, 0.5) is 32.0 Å². The highest BCUT2D eigenvalue weighted by molar-refractivity contribution is 8.00. The van der Waals surface area contributed by atoms with Gasteiger partial charge in [-0.2, -0.15) is 26.3 Å². The van der Waals surface area contributed by atoms with Crippen LogP contribution in [0.25, 0.3) is 0 Å². The first-order valence-electron chi connectivity index (χ1n) is 4.90. The van der Waals surface area contributed by atoms with Crippen LogP contribution >= 0.6 is 11.8 Å². The predicted octanol–water partition coefficient (Wildman–Crippen LogP) is 3.92. The van der Waals surface area contributed by atoms with Crippen molar-refractivity contribution in [1.29, 1.82) is 0 Å². The molecule has 0 spiro atoms. The van der Waals surface area contributed by atoms with Gasteiger partial charge in [0.25, 0.3) is 0 Å². The third-order valence-electron chi connectivity index (χ3n) is 1.94. The van der Waals surface area contributed by atoms with Gasteiger partial charge in [-0.15, -0.1) is 0 Å². The number of hydrogen-bond acceptors (Lipinski definition) is 3. The SMILES string of the molecule is Nc1cc(C(F)(F)F)ccc1OCCSC(F)(F)F. The highest BCUT2D eigenvalue weighted by atomic mass is 32.2. The third kappa shape index (κ3) is 5.50. The molecule has 0 heterocycles. The normalized spacial score (nSPS) is 12.5. The fourth-order valence-electron chi connectivity index (χ4n) is 1.17. The summed E-state index contributed by atoms with van der Waals surface area (Å²) in [7, 11) is 0. The van der Waals surface area contributed by atoms with Crippen LogP contribution in [0.3, 0.4) is 0 Å². The maximum Gasteiger partial charge on any atom is 0.441 e. The topological polar surface area (TPSA) is 35.2 Å². The number of nitrogen functional groups attached to an aromatic ring is 1. The Labute approximate surface area is 108 Å². The number of benzene rings is 1. The van der Waals surface area contributed by atoms with E-state index in [0.717, 1.165) is 12.1 Å². The summed E-state index contributed by atoms with van der Waals surface area (Å²) < 4.78 is 77.2. The smallest absolute Gasteiger partial charge is 0.441 e. The zero-order chi connectivity index (χ0) is 14.7. The van der Waals surface area contributed by atoms with Crippen LogP contribution in [-0.4, -0.2) is 17.9 Å². The Bertz CT molecular complexity index is 431. The molecule has 0 aromatic heterocycles. The van der Waals surface area contributed by atoms with E-state index in [2.05, 4.69) is 0 Å². The molecular formula is C10H9F6NOS. The molecule has 9 heteroatoms. The summed E-state index contributed by atoms with van der Waals surface area (Å²) in [5, 5.41) is 0. The van der Waals surface area contributed by atoms with E-state index >= 15 is 0 Å². The molecule has 0 amide bonds. The summed E-state index contributed by atoms with van der Waals surface area (Å²) in [5.41, 5.74) is -0.248. The van der Waals surface area contributed by atoms with Crippen molar-refractivity contribution in [2.45, 2.75) is 11.7 Å². The number of rotatable bonds is 4. The zero-order valence-electron chi connectivity index (χ0n) is 9.31. The Morgan fingerprint density at radius 2 is 1.74 bits per heavy atom. The maximum atomic E-state index is 12.3. The van der Waals surface area contributed by atoms with Crippen LogP contribution < -0.4 is 10.5 Å².